The molecule has 2 atom stereocenters. The summed E-state index contributed by atoms with van der Waals surface area (Å²) in [7, 11) is 0. The quantitative estimate of drug-likeness (QED) is 0.582. The van der Waals surface area contributed by atoms with E-state index >= 15 is 0 Å². The molecule has 1 aliphatic carbocycles. The third kappa shape index (κ3) is 1.24. The molecule has 1 heteroatoms. The Kier molecular flexibility index (Phi) is 2.14. The van der Waals surface area contributed by atoms with Gasteiger partial charge >= 0.3 is 0 Å². The van der Waals surface area contributed by atoms with E-state index in [1.807, 2.05) is 0 Å². The van der Waals surface area contributed by atoms with Crippen molar-refractivity contribution in [2.24, 2.45) is 5.92 Å². The highest BCUT2D eigenvalue weighted by Gasteiger charge is 2.33. The van der Waals surface area contributed by atoms with Crippen LogP contribution in [0.5, 0.6) is 0 Å². The lowest BCUT2D eigenvalue weighted by atomic mass is 9.87. The van der Waals surface area contributed by atoms with Crippen molar-refractivity contribution in [1.29, 1.82) is 0 Å². The molecule has 10 heavy (non-hydrogen) atoms. The van der Waals surface area contributed by atoms with Gasteiger partial charge in [-0.1, -0.05) is 32.4 Å². The van der Waals surface area contributed by atoms with Crippen LogP contribution in [0.3, 0.4) is 0 Å². The Labute approximate surface area is 62.8 Å². The molecular formula is C9H16O. The minimum Gasteiger partial charge on any atom is -0.389 e. The molecule has 1 aliphatic rings. The highest BCUT2D eigenvalue weighted by atomic mass is 16.3. The summed E-state index contributed by atoms with van der Waals surface area (Å²) in [5.41, 5.74) is -0.408. The van der Waals surface area contributed by atoms with Gasteiger partial charge in [0.15, 0.2) is 0 Å². The maximum atomic E-state index is 9.90. The van der Waals surface area contributed by atoms with Crippen molar-refractivity contribution in [3.05, 3.63) is 12.2 Å². The fourth-order valence-electron chi connectivity index (χ4n) is 1.60. The van der Waals surface area contributed by atoms with E-state index in [2.05, 4.69) is 26.0 Å². The summed E-state index contributed by atoms with van der Waals surface area (Å²) < 4.78 is 0. The van der Waals surface area contributed by atoms with E-state index in [-0.39, 0.29) is 0 Å². The summed E-state index contributed by atoms with van der Waals surface area (Å²) in [6, 6.07) is 0. The van der Waals surface area contributed by atoms with E-state index in [1.165, 1.54) is 0 Å². The molecule has 0 aliphatic heterocycles. The Balaban J connectivity index is 2.52. The first-order valence-electron chi connectivity index (χ1n) is 4.08. The maximum absolute atomic E-state index is 9.90. The fourth-order valence-corrected chi connectivity index (χ4v) is 1.60. The van der Waals surface area contributed by atoms with Crippen molar-refractivity contribution in [1.82, 2.24) is 0 Å². The van der Waals surface area contributed by atoms with Gasteiger partial charge in [0.2, 0.25) is 0 Å². The second-order valence-electron chi connectivity index (χ2n) is 3.27. The minimum absolute atomic E-state index is 0.354. The standard InChI is InChI=1S/C9H16O/c1-3-6-9(10)7-4-5-8(9)2/h4-5,8,10H,3,6-7H2,1-2H3. The van der Waals surface area contributed by atoms with Crippen LogP contribution in [0.4, 0.5) is 0 Å². The van der Waals surface area contributed by atoms with E-state index < -0.39 is 5.60 Å². The Morgan fingerprint density at radius 3 is 2.80 bits per heavy atom. The van der Waals surface area contributed by atoms with Gasteiger partial charge in [0.25, 0.3) is 0 Å². The van der Waals surface area contributed by atoms with Crippen LogP contribution in [0.15, 0.2) is 12.2 Å². The molecule has 0 aromatic rings. The van der Waals surface area contributed by atoms with Gasteiger partial charge in [-0.2, -0.15) is 0 Å². The largest absolute Gasteiger partial charge is 0.389 e. The smallest absolute Gasteiger partial charge is 0.0741 e. The molecule has 0 bridgehead atoms. The zero-order valence-corrected chi connectivity index (χ0v) is 6.80. The molecule has 0 aromatic heterocycles. The van der Waals surface area contributed by atoms with Gasteiger partial charge in [-0.25, -0.2) is 0 Å². The summed E-state index contributed by atoms with van der Waals surface area (Å²) in [4.78, 5) is 0. The highest BCUT2D eigenvalue weighted by Crippen LogP contribution is 2.33. The predicted octanol–water partition coefficient (Wildman–Crippen LogP) is 2.11. The second kappa shape index (κ2) is 2.75. The van der Waals surface area contributed by atoms with Crippen LogP contribution in [0.1, 0.15) is 33.1 Å². The van der Waals surface area contributed by atoms with Crippen molar-refractivity contribution in [2.75, 3.05) is 0 Å². The lowest BCUT2D eigenvalue weighted by molar-refractivity contribution is 0.00862. The number of aliphatic hydroxyl groups is 1. The van der Waals surface area contributed by atoms with Crippen molar-refractivity contribution >= 4 is 0 Å². The normalized spacial score (nSPS) is 38.9. The molecule has 58 valence electrons. The maximum Gasteiger partial charge on any atom is 0.0741 e. The summed E-state index contributed by atoms with van der Waals surface area (Å²) in [5, 5.41) is 9.90. The molecule has 0 radical (unpaired) electrons. The van der Waals surface area contributed by atoms with Gasteiger partial charge in [-0.3, -0.25) is 0 Å². The average molecular weight is 140 g/mol. The van der Waals surface area contributed by atoms with Crippen LogP contribution in [0.2, 0.25) is 0 Å². The van der Waals surface area contributed by atoms with Crippen LogP contribution in [0.25, 0.3) is 0 Å². The van der Waals surface area contributed by atoms with Crippen LogP contribution < -0.4 is 0 Å². The fraction of sp³-hybridized carbons (Fsp3) is 0.778. The Hall–Kier alpha value is -0.300. The van der Waals surface area contributed by atoms with Crippen molar-refractivity contribution in [2.45, 2.75) is 38.7 Å². The molecule has 1 rings (SSSR count). The van der Waals surface area contributed by atoms with E-state index in [1.54, 1.807) is 0 Å². The van der Waals surface area contributed by atoms with E-state index in [0.29, 0.717) is 5.92 Å². The molecule has 0 spiro atoms. The number of rotatable bonds is 2. The van der Waals surface area contributed by atoms with E-state index in [0.717, 1.165) is 19.3 Å². The van der Waals surface area contributed by atoms with E-state index in [9.17, 15) is 5.11 Å². The summed E-state index contributed by atoms with van der Waals surface area (Å²) >= 11 is 0. The number of hydrogen-bond donors (Lipinski definition) is 1. The first-order valence-corrected chi connectivity index (χ1v) is 4.08. The predicted molar refractivity (Wildman–Crippen MR) is 42.8 cm³/mol. The van der Waals surface area contributed by atoms with Gasteiger partial charge in [0, 0.05) is 5.92 Å². The van der Waals surface area contributed by atoms with Crippen LogP contribution in [-0.4, -0.2) is 10.7 Å². The van der Waals surface area contributed by atoms with Crippen LogP contribution in [0, 0.1) is 5.92 Å². The lowest BCUT2D eigenvalue weighted by Gasteiger charge is -2.26. The molecule has 0 heterocycles. The Bertz CT molecular complexity index is 140. The van der Waals surface area contributed by atoms with Gasteiger partial charge in [0.1, 0.15) is 0 Å². The SMILES string of the molecule is CCCC1(O)CC=CC1C. The summed E-state index contributed by atoms with van der Waals surface area (Å²) in [5.74, 6) is 0.354. The molecule has 0 saturated carbocycles. The van der Waals surface area contributed by atoms with Gasteiger partial charge < -0.3 is 5.11 Å². The topological polar surface area (TPSA) is 20.2 Å². The lowest BCUT2D eigenvalue weighted by Crippen LogP contribution is -2.31. The third-order valence-corrected chi connectivity index (χ3v) is 2.43. The zero-order valence-electron chi connectivity index (χ0n) is 6.80. The monoisotopic (exact) mass is 140 g/mol. The first kappa shape index (κ1) is 7.80. The second-order valence-corrected chi connectivity index (χ2v) is 3.27. The number of hydrogen-bond acceptors (Lipinski definition) is 1. The Morgan fingerprint density at radius 2 is 2.40 bits per heavy atom. The molecule has 2 unspecified atom stereocenters. The van der Waals surface area contributed by atoms with Crippen LogP contribution in [-0.2, 0) is 0 Å². The zero-order chi connectivity index (χ0) is 7.61. The van der Waals surface area contributed by atoms with Crippen molar-refractivity contribution in [3.8, 4) is 0 Å². The van der Waals surface area contributed by atoms with Crippen LogP contribution >= 0.6 is 0 Å². The summed E-state index contributed by atoms with van der Waals surface area (Å²) in [6.07, 6.45) is 7.04. The minimum atomic E-state index is -0.408. The molecule has 1 N–H and O–H groups in total. The molecule has 0 fully saturated rings. The molecule has 0 saturated heterocycles. The van der Waals surface area contributed by atoms with Gasteiger partial charge in [-0.15, -0.1) is 0 Å². The van der Waals surface area contributed by atoms with Gasteiger partial charge in [-0.05, 0) is 12.8 Å². The van der Waals surface area contributed by atoms with Crippen molar-refractivity contribution < 1.29 is 5.11 Å². The molecule has 0 aromatic carbocycles. The molecule has 1 nitrogen and oxygen atoms in total. The third-order valence-electron chi connectivity index (χ3n) is 2.43. The summed E-state index contributed by atoms with van der Waals surface area (Å²) in [6.45, 7) is 4.20. The van der Waals surface area contributed by atoms with E-state index in [4.69, 9.17) is 0 Å². The van der Waals surface area contributed by atoms with Gasteiger partial charge in [0.05, 0.1) is 5.60 Å². The first-order chi connectivity index (χ1) is 4.69. The molecule has 0 amide bonds. The Morgan fingerprint density at radius 1 is 1.70 bits per heavy atom. The molecular weight excluding hydrogens is 124 g/mol. The average Bonchev–Trinajstić information content (AvgIpc) is 2.15. The van der Waals surface area contributed by atoms with Crippen molar-refractivity contribution in [3.63, 3.8) is 0 Å². The highest BCUT2D eigenvalue weighted by molar-refractivity contribution is 5.08.